The summed E-state index contributed by atoms with van der Waals surface area (Å²) in [4.78, 5) is 18.2. The normalized spacial score (nSPS) is 14.9. The quantitative estimate of drug-likeness (QED) is 0.645. The number of benzene rings is 1. The molecule has 3 N–H and O–H groups in total. The molecule has 2 heterocycles. The molecule has 0 unspecified atom stereocenters. The third-order valence-corrected chi connectivity index (χ3v) is 6.06. The van der Waals surface area contributed by atoms with E-state index in [1.807, 2.05) is 23.9 Å². The SMILES string of the molecule is Cc1ccsc1/C=N\n1c(-c2ccc(O)c(C(N)=O)c2)csc1=NC1CC1. The standard InChI is InChI=1S/C19H18N4O2S2/c1-11-6-7-26-17(11)9-21-23-15(10-27-19(23)22-13-3-4-13)12-2-5-16(24)14(8-12)18(20)25/h2,5-10,13,24H,3-4H2,1H3,(H2,20,25)/b21-9-,22-19?. The molecule has 0 saturated heterocycles. The molecule has 4 rings (SSSR count). The molecule has 2 aromatic heterocycles. The minimum absolute atomic E-state index is 0.0870. The Labute approximate surface area is 163 Å². The van der Waals surface area contributed by atoms with Gasteiger partial charge in [-0.1, -0.05) is 0 Å². The van der Waals surface area contributed by atoms with Crippen molar-refractivity contribution in [1.82, 2.24) is 4.68 Å². The van der Waals surface area contributed by atoms with Gasteiger partial charge in [-0.3, -0.25) is 9.79 Å². The van der Waals surface area contributed by atoms with Gasteiger partial charge in [0.05, 0.1) is 28.4 Å². The molecule has 1 aromatic carbocycles. The number of hydrogen-bond acceptors (Lipinski definition) is 6. The molecular weight excluding hydrogens is 380 g/mol. The van der Waals surface area contributed by atoms with Crippen LogP contribution in [-0.4, -0.2) is 27.9 Å². The summed E-state index contributed by atoms with van der Waals surface area (Å²) < 4.78 is 1.79. The first kappa shape index (κ1) is 17.7. The predicted octanol–water partition coefficient (Wildman–Crippen LogP) is 3.34. The summed E-state index contributed by atoms with van der Waals surface area (Å²) in [6, 6.07) is 7.22. The van der Waals surface area contributed by atoms with E-state index < -0.39 is 5.91 Å². The van der Waals surface area contributed by atoms with E-state index in [4.69, 9.17) is 10.7 Å². The van der Waals surface area contributed by atoms with Gasteiger partial charge in [0.15, 0.2) is 0 Å². The van der Waals surface area contributed by atoms with Crippen molar-refractivity contribution in [2.75, 3.05) is 0 Å². The van der Waals surface area contributed by atoms with Crippen LogP contribution in [-0.2, 0) is 0 Å². The first-order valence-electron chi connectivity index (χ1n) is 8.49. The molecule has 27 heavy (non-hydrogen) atoms. The van der Waals surface area contributed by atoms with E-state index in [0.717, 1.165) is 33.8 Å². The zero-order chi connectivity index (χ0) is 19.0. The van der Waals surface area contributed by atoms with Crippen LogP contribution in [0.3, 0.4) is 0 Å². The van der Waals surface area contributed by atoms with Crippen LogP contribution < -0.4 is 10.5 Å². The van der Waals surface area contributed by atoms with Crippen molar-refractivity contribution in [3.8, 4) is 17.0 Å². The van der Waals surface area contributed by atoms with Crippen molar-refractivity contribution in [2.45, 2.75) is 25.8 Å². The lowest BCUT2D eigenvalue weighted by atomic mass is 10.1. The number of aromatic nitrogens is 1. The zero-order valence-electron chi connectivity index (χ0n) is 14.6. The molecule has 3 aromatic rings. The minimum Gasteiger partial charge on any atom is -0.507 e. The molecule has 0 aliphatic heterocycles. The number of primary amides is 1. The second-order valence-electron chi connectivity index (χ2n) is 6.38. The van der Waals surface area contributed by atoms with Crippen LogP contribution in [0.4, 0.5) is 0 Å². The Kier molecular flexibility index (Phi) is 4.67. The molecule has 1 amide bonds. The van der Waals surface area contributed by atoms with E-state index >= 15 is 0 Å². The summed E-state index contributed by atoms with van der Waals surface area (Å²) in [5, 5.41) is 18.5. The summed E-state index contributed by atoms with van der Waals surface area (Å²) in [6.07, 6.45) is 4.04. The first-order valence-corrected chi connectivity index (χ1v) is 10.2. The Morgan fingerprint density at radius 3 is 2.81 bits per heavy atom. The van der Waals surface area contributed by atoms with Crippen LogP contribution in [0.1, 0.15) is 33.6 Å². The molecule has 6 nitrogen and oxygen atoms in total. The maximum atomic E-state index is 11.6. The monoisotopic (exact) mass is 398 g/mol. The van der Waals surface area contributed by atoms with Gasteiger partial charge in [0.1, 0.15) is 5.75 Å². The number of nitrogens with zero attached hydrogens (tertiary/aromatic N) is 3. The van der Waals surface area contributed by atoms with Gasteiger partial charge >= 0.3 is 0 Å². The molecule has 1 fully saturated rings. The Bertz CT molecular complexity index is 1100. The number of thiophene rings is 1. The van der Waals surface area contributed by atoms with Crippen molar-refractivity contribution in [2.24, 2.45) is 15.8 Å². The van der Waals surface area contributed by atoms with E-state index in [-0.39, 0.29) is 11.3 Å². The van der Waals surface area contributed by atoms with Gasteiger partial charge in [0, 0.05) is 10.9 Å². The number of carbonyl (C=O) groups is 1. The fourth-order valence-corrected chi connectivity index (χ4v) is 4.27. The van der Waals surface area contributed by atoms with Crippen LogP contribution in [0.25, 0.3) is 11.3 Å². The van der Waals surface area contributed by atoms with Crippen molar-refractivity contribution in [3.05, 3.63) is 55.8 Å². The molecule has 1 saturated carbocycles. The molecule has 0 atom stereocenters. The number of nitrogens with two attached hydrogens (primary N) is 1. The fraction of sp³-hybridized carbons (Fsp3) is 0.211. The van der Waals surface area contributed by atoms with Crippen molar-refractivity contribution < 1.29 is 9.90 Å². The van der Waals surface area contributed by atoms with Crippen LogP contribution >= 0.6 is 22.7 Å². The van der Waals surface area contributed by atoms with Crippen LogP contribution in [0.2, 0.25) is 0 Å². The van der Waals surface area contributed by atoms with E-state index in [9.17, 15) is 9.90 Å². The highest BCUT2D eigenvalue weighted by molar-refractivity contribution is 7.11. The smallest absolute Gasteiger partial charge is 0.252 e. The van der Waals surface area contributed by atoms with Crippen LogP contribution in [0.15, 0.2) is 45.1 Å². The zero-order valence-corrected chi connectivity index (χ0v) is 16.3. The van der Waals surface area contributed by atoms with Gasteiger partial charge in [-0.15, -0.1) is 22.7 Å². The predicted molar refractivity (Wildman–Crippen MR) is 109 cm³/mol. The van der Waals surface area contributed by atoms with E-state index in [2.05, 4.69) is 11.2 Å². The lowest BCUT2D eigenvalue weighted by molar-refractivity contribution is 0.0998. The number of carbonyl (C=O) groups excluding carboxylic acids is 1. The van der Waals surface area contributed by atoms with E-state index in [0.29, 0.717) is 6.04 Å². The average molecular weight is 399 g/mol. The highest BCUT2D eigenvalue weighted by Crippen LogP contribution is 2.27. The lowest BCUT2D eigenvalue weighted by Crippen LogP contribution is -2.14. The fourth-order valence-electron chi connectivity index (χ4n) is 2.58. The van der Waals surface area contributed by atoms with E-state index in [1.54, 1.807) is 28.1 Å². The van der Waals surface area contributed by atoms with Gasteiger partial charge < -0.3 is 10.8 Å². The van der Waals surface area contributed by atoms with Crippen LogP contribution in [0.5, 0.6) is 5.75 Å². The second kappa shape index (κ2) is 7.13. The molecule has 1 aliphatic carbocycles. The lowest BCUT2D eigenvalue weighted by Gasteiger charge is -2.06. The van der Waals surface area contributed by atoms with Gasteiger partial charge in [-0.25, -0.2) is 4.68 Å². The number of thiazole rings is 1. The molecular formula is C19H18N4O2S2. The summed E-state index contributed by atoms with van der Waals surface area (Å²) in [6.45, 7) is 2.05. The Balaban J connectivity index is 1.83. The van der Waals surface area contributed by atoms with Gasteiger partial charge in [-0.05, 0) is 55.0 Å². The first-order chi connectivity index (χ1) is 13.0. The second-order valence-corrected chi connectivity index (χ2v) is 8.17. The van der Waals surface area contributed by atoms with Gasteiger partial charge in [-0.2, -0.15) is 5.10 Å². The number of phenols is 1. The summed E-state index contributed by atoms with van der Waals surface area (Å²) in [5.41, 5.74) is 8.17. The van der Waals surface area contributed by atoms with Gasteiger partial charge in [0.2, 0.25) is 4.80 Å². The molecule has 0 radical (unpaired) electrons. The maximum absolute atomic E-state index is 11.6. The number of hydrogen-bond donors (Lipinski definition) is 2. The largest absolute Gasteiger partial charge is 0.507 e. The summed E-state index contributed by atoms with van der Waals surface area (Å²) >= 11 is 3.14. The highest BCUT2D eigenvalue weighted by atomic mass is 32.1. The van der Waals surface area contributed by atoms with Crippen molar-refractivity contribution in [1.29, 1.82) is 0 Å². The third-order valence-electron chi connectivity index (χ3n) is 4.28. The molecule has 0 spiro atoms. The Morgan fingerprint density at radius 1 is 1.33 bits per heavy atom. The summed E-state index contributed by atoms with van der Waals surface area (Å²) in [7, 11) is 0. The van der Waals surface area contributed by atoms with Crippen molar-refractivity contribution in [3.63, 3.8) is 0 Å². The molecule has 0 bridgehead atoms. The molecule has 8 heteroatoms. The Morgan fingerprint density at radius 2 is 2.15 bits per heavy atom. The minimum atomic E-state index is -0.670. The number of aromatic hydroxyl groups is 1. The maximum Gasteiger partial charge on any atom is 0.252 e. The number of aryl methyl sites for hydroxylation is 1. The Hall–Kier alpha value is -2.71. The topological polar surface area (TPSA) is 93.0 Å². The molecule has 1 aliphatic rings. The number of rotatable bonds is 5. The highest BCUT2D eigenvalue weighted by Gasteiger charge is 2.21. The number of amides is 1. The van der Waals surface area contributed by atoms with Gasteiger partial charge in [0.25, 0.3) is 5.91 Å². The van der Waals surface area contributed by atoms with Crippen molar-refractivity contribution >= 4 is 34.8 Å². The average Bonchev–Trinajstić information content (AvgIpc) is 3.23. The third kappa shape index (κ3) is 3.72. The summed E-state index contributed by atoms with van der Waals surface area (Å²) in [5.74, 6) is -0.801. The molecule has 138 valence electrons. The van der Waals surface area contributed by atoms with Crippen LogP contribution in [0, 0.1) is 6.92 Å². The van der Waals surface area contributed by atoms with E-state index in [1.165, 1.54) is 23.0 Å².